The second kappa shape index (κ2) is 9.38. The SMILES string of the molecule is COC(=O)c1c(-c2c(Cl)cccc2Cl)noc1NC(=O)COc1ccc(Cl)c(C)c1. The highest BCUT2D eigenvalue weighted by Gasteiger charge is 2.28. The van der Waals surface area contributed by atoms with Crippen molar-refractivity contribution in [2.45, 2.75) is 6.92 Å². The van der Waals surface area contributed by atoms with Crippen LogP contribution in [-0.2, 0) is 9.53 Å². The highest BCUT2D eigenvalue weighted by molar-refractivity contribution is 6.39. The molecule has 0 bridgehead atoms. The number of anilines is 1. The lowest BCUT2D eigenvalue weighted by molar-refractivity contribution is -0.118. The van der Waals surface area contributed by atoms with Crippen LogP contribution < -0.4 is 10.1 Å². The van der Waals surface area contributed by atoms with E-state index in [4.69, 9.17) is 48.8 Å². The third kappa shape index (κ3) is 4.70. The first-order valence-electron chi connectivity index (χ1n) is 8.53. The Bertz CT molecular complexity index is 1090. The van der Waals surface area contributed by atoms with Gasteiger partial charge in [0.05, 0.1) is 17.2 Å². The average Bonchev–Trinajstić information content (AvgIpc) is 3.11. The minimum Gasteiger partial charge on any atom is -0.484 e. The van der Waals surface area contributed by atoms with Gasteiger partial charge in [-0.2, -0.15) is 0 Å². The second-order valence-electron chi connectivity index (χ2n) is 6.07. The normalized spacial score (nSPS) is 10.6. The summed E-state index contributed by atoms with van der Waals surface area (Å²) in [7, 11) is 1.19. The second-order valence-corrected chi connectivity index (χ2v) is 7.29. The zero-order valence-electron chi connectivity index (χ0n) is 15.8. The van der Waals surface area contributed by atoms with Crippen LogP contribution in [0.2, 0.25) is 15.1 Å². The molecule has 0 saturated heterocycles. The van der Waals surface area contributed by atoms with Gasteiger partial charge in [-0.3, -0.25) is 10.1 Å². The van der Waals surface area contributed by atoms with Gasteiger partial charge in [0.1, 0.15) is 11.4 Å². The first-order valence-corrected chi connectivity index (χ1v) is 9.66. The highest BCUT2D eigenvalue weighted by atomic mass is 35.5. The summed E-state index contributed by atoms with van der Waals surface area (Å²) in [5.41, 5.74) is 1.00. The number of benzene rings is 2. The van der Waals surface area contributed by atoms with Gasteiger partial charge in [-0.05, 0) is 42.8 Å². The molecule has 0 atom stereocenters. The molecule has 0 aliphatic heterocycles. The van der Waals surface area contributed by atoms with E-state index in [0.29, 0.717) is 10.8 Å². The number of halogens is 3. The minimum atomic E-state index is -0.785. The maximum absolute atomic E-state index is 12.3. The summed E-state index contributed by atoms with van der Waals surface area (Å²) in [6, 6.07) is 9.80. The molecule has 10 heteroatoms. The molecule has 3 rings (SSSR count). The number of nitrogens with zero attached hydrogens (tertiary/aromatic N) is 1. The fraction of sp³-hybridized carbons (Fsp3) is 0.150. The first-order chi connectivity index (χ1) is 14.3. The molecule has 1 amide bonds. The number of amides is 1. The molecule has 1 N–H and O–H groups in total. The number of hydrogen-bond acceptors (Lipinski definition) is 6. The summed E-state index contributed by atoms with van der Waals surface area (Å²) in [6.45, 7) is 1.47. The van der Waals surface area contributed by atoms with E-state index in [1.165, 1.54) is 7.11 Å². The molecular weight excluding hydrogens is 455 g/mol. The van der Waals surface area contributed by atoms with E-state index in [9.17, 15) is 9.59 Å². The predicted molar refractivity (Wildman–Crippen MR) is 114 cm³/mol. The van der Waals surface area contributed by atoms with Crippen molar-refractivity contribution in [3.05, 3.63) is 62.6 Å². The minimum absolute atomic E-state index is 0.0435. The van der Waals surface area contributed by atoms with Crippen LogP contribution in [0.4, 0.5) is 5.88 Å². The standard InChI is InChI=1S/C20H15Cl3N2O5/c1-10-8-11(6-7-12(10)21)29-9-15(26)24-19-17(20(27)28-2)18(25-30-19)16-13(22)4-3-5-14(16)23/h3-8H,9H2,1-2H3,(H,24,26). The first kappa shape index (κ1) is 22.0. The molecule has 1 aromatic heterocycles. The van der Waals surface area contributed by atoms with Gasteiger partial charge in [0.25, 0.3) is 5.91 Å². The number of aryl methyl sites for hydroxylation is 1. The van der Waals surface area contributed by atoms with Crippen molar-refractivity contribution < 1.29 is 23.6 Å². The van der Waals surface area contributed by atoms with Crippen molar-refractivity contribution in [1.29, 1.82) is 0 Å². The number of nitrogens with one attached hydrogen (secondary N) is 1. The van der Waals surface area contributed by atoms with E-state index in [-0.39, 0.29) is 39.4 Å². The van der Waals surface area contributed by atoms with E-state index in [1.807, 2.05) is 6.92 Å². The van der Waals surface area contributed by atoms with Gasteiger partial charge in [0.2, 0.25) is 5.88 Å². The molecule has 0 radical (unpaired) electrons. The van der Waals surface area contributed by atoms with Crippen LogP contribution in [0.5, 0.6) is 5.75 Å². The van der Waals surface area contributed by atoms with Crippen LogP contribution >= 0.6 is 34.8 Å². The molecule has 2 aromatic carbocycles. The number of hydrogen-bond donors (Lipinski definition) is 1. The highest BCUT2D eigenvalue weighted by Crippen LogP contribution is 2.38. The molecule has 0 fully saturated rings. The molecule has 30 heavy (non-hydrogen) atoms. The maximum Gasteiger partial charge on any atom is 0.345 e. The molecular formula is C20H15Cl3N2O5. The average molecular weight is 470 g/mol. The molecule has 3 aromatic rings. The number of rotatable bonds is 6. The van der Waals surface area contributed by atoms with Gasteiger partial charge in [0.15, 0.2) is 12.2 Å². The molecule has 0 aliphatic carbocycles. The largest absolute Gasteiger partial charge is 0.484 e. The summed E-state index contributed by atoms with van der Waals surface area (Å²) in [5.74, 6) is -1.12. The van der Waals surface area contributed by atoms with E-state index in [1.54, 1.807) is 36.4 Å². The van der Waals surface area contributed by atoms with Crippen LogP contribution in [0.1, 0.15) is 15.9 Å². The number of carbonyl (C=O) groups is 2. The summed E-state index contributed by atoms with van der Waals surface area (Å²) in [4.78, 5) is 24.7. The molecule has 1 heterocycles. The third-order valence-corrected chi connectivity index (χ3v) is 5.09. The van der Waals surface area contributed by atoms with Gasteiger partial charge in [-0.15, -0.1) is 0 Å². The Balaban J connectivity index is 1.83. The zero-order chi connectivity index (χ0) is 21.8. The number of aromatic nitrogens is 1. The lowest BCUT2D eigenvalue weighted by Crippen LogP contribution is -2.21. The van der Waals surface area contributed by atoms with Gasteiger partial charge in [-0.1, -0.05) is 46.0 Å². The van der Waals surface area contributed by atoms with Crippen molar-refractivity contribution in [3.8, 4) is 17.0 Å². The van der Waals surface area contributed by atoms with Gasteiger partial charge < -0.3 is 14.0 Å². The summed E-state index contributed by atoms with van der Waals surface area (Å²) >= 11 is 18.4. The van der Waals surface area contributed by atoms with E-state index in [2.05, 4.69) is 10.5 Å². The lowest BCUT2D eigenvalue weighted by atomic mass is 10.1. The third-order valence-electron chi connectivity index (χ3n) is 4.03. The molecule has 0 spiro atoms. The quantitative estimate of drug-likeness (QED) is 0.485. The molecule has 0 saturated carbocycles. The molecule has 0 unspecified atom stereocenters. The topological polar surface area (TPSA) is 90.7 Å². The Morgan fingerprint density at radius 2 is 1.80 bits per heavy atom. The van der Waals surface area contributed by atoms with Gasteiger partial charge in [0, 0.05) is 10.6 Å². The fourth-order valence-electron chi connectivity index (χ4n) is 2.58. The summed E-state index contributed by atoms with van der Waals surface area (Å²) in [6.07, 6.45) is 0. The number of carbonyl (C=O) groups excluding carboxylic acids is 2. The fourth-order valence-corrected chi connectivity index (χ4v) is 3.27. The Morgan fingerprint density at radius 1 is 1.10 bits per heavy atom. The van der Waals surface area contributed by atoms with Gasteiger partial charge >= 0.3 is 5.97 Å². The zero-order valence-corrected chi connectivity index (χ0v) is 18.1. The van der Waals surface area contributed by atoms with Crippen molar-refractivity contribution in [2.75, 3.05) is 19.0 Å². The number of ether oxygens (including phenoxy) is 2. The van der Waals surface area contributed by atoms with Crippen LogP contribution in [0, 0.1) is 6.92 Å². The van der Waals surface area contributed by atoms with Crippen LogP contribution in [0.3, 0.4) is 0 Å². The van der Waals surface area contributed by atoms with E-state index in [0.717, 1.165) is 5.56 Å². The Hall–Kier alpha value is -2.74. The number of methoxy groups -OCH3 is 1. The Labute approximate surface area is 186 Å². The molecule has 0 aliphatic rings. The van der Waals surface area contributed by atoms with Crippen molar-refractivity contribution >= 4 is 52.6 Å². The maximum atomic E-state index is 12.3. The predicted octanol–water partition coefficient (Wildman–Crippen LogP) is 5.41. The Morgan fingerprint density at radius 3 is 2.43 bits per heavy atom. The lowest BCUT2D eigenvalue weighted by Gasteiger charge is -2.08. The van der Waals surface area contributed by atoms with Crippen molar-refractivity contribution in [3.63, 3.8) is 0 Å². The molecule has 156 valence electrons. The van der Waals surface area contributed by atoms with E-state index < -0.39 is 11.9 Å². The summed E-state index contributed by atoms with van der Waals surface area (Å²) in [5, 5.41) is 7.39. The van der Waals surface area contributed by atoms with E-state index >= 15 is 0 Å². The monoisotopic (exact) mass is 468 g/mol. The smallest absolute Gasteiger partial charge is 0.345 e. The van der Waals surface area contributed by atoms with Gasteiger partial charge in [-0.25, -0.2) is 4.79 Å². The number of esters is 1. The Kier molecular flexibility index (Phi) is 6.87. The van der Waals surface area contributed by atoms with Crippen molar-refractivity contribution in [2.24, 2.45) is 0 Å². The van der Waals surface area contributed by atoms with Crippen molar-refractivity contribution in [1.82, 2.24) is 5.16 Å². The van der Waals surface area contributed by atoms with Crippen LogP contribution in [0.25, 0.3) is 11.3 Å². The molecule has 7 nitrogen and oxygen atoms in total. The van der Waals surface area contributed by atoms with Crippen LogP contribution in [0.15, 0.2) is 40.9 Å². The van der Waals surface area contributed by atoms with Crippen LogP contribution in [-0.4, -0.2) is 30.7 Å². The summed E-state index contributed by atoms with van der Waals surface area (Å²) < 4.78 is 15.4.